The highest BCUT2D eigenvalue weighted by molar-refractivity contribution is 5.63. The SMILES string of the molecule is CCCNc1cc(NC(C)C2CCOC2)cc([N+](=O)[O-])c1. The Morgan fingerprint density at radius 2 is 2.19 bits per heavy atom. The molecule has 0 radical (unpaired) electrons. The summed E-state index contributed by atoms with van der Waals surface area (Å²) in [5, 5.41) is 17.6. The summed E-state index contributed by atoms with van der Waals surface area (Å²) in [4.78, 5) is 10.7. The Hall–Kier alpha value is -1.82. The van der Waals surface area contributed by atoms with Crippen molar-refractivity contribution in [3.8, 4) is 0 Å². The van der Waals surface area contributed by atoms with E-state index >= 15 is 0 Å². The Balaban J connectivity index is 2.12. The van der Waals surface area contributed by atoms with Crippen LogP contribution >= 0.6 is 0 Å². The van der Waals surface area contributed by atoms with Gasteiger partial charge < -0.3 is 15.4 Å². The Morgan fingerprint density at radius 3 is 2.81 bits per heavy atom. The monoisotopic (exact) mass is 293 g/mol. The fourth-order valence-electron chi connectivity index (χ4n) is 2.50. The van der Waals surface area contributed by atoms with Gasteiger partial charge in [-0.1, -0.05) is 6.92 Å². The van der Waals surface area contributed by atoms with E-state index in [-0.39, 0.29) is 16.7 Å². The van der Waals surface area contributed by atoms with Gasteiger partial charge in [0.1, 0.15) is 0 Å². The Kier molecular flexibility index (Phi) is 5.38. The molecule has 0 aromatic heterocycles. The summed E-state index contributed by atoms with van der Waals surface area (Å²) < 4.78 is 5.39. The van der Waals surface area contributed by atoms with E-state index in [1.807, 2.05) is 6.07 Å². The molecule has 0 amide bonds. The van der Waals surface area contributed by atoms with Gasteiger partial charge in [-0.2, -0.15) is 0 Å². The maximum Gasteiger partial charge on any atom is 0.273 e. The number of nitrogens with one attached hydrogen (secondary N) is 2. The molecular formula is C15H23N3O3. The third-order valence-corrected chi connectivity index (χ3v) is 3.77. The van der Waals surface area contributed by atoms with Gasteiger partial charge in [-0.3, -0.25) is 10.1 Å². The highest BCUT2D eigenvalue weighted by atomic mass is 16.6. The van der Waals surface area contributed by atoms with Gasteiger partial charge in [0.05, 0.1) is 11.5 Å². The topological polar surface area (TPSA) is 76.4 Å². The molecule has 2 atom stereocenters. The van der Waals surface area contributed by atoms with Gasteiger partial charge in [0.25, 0.3) is 5.69 Å². The zero-order chi connectivity index (χ0) is 15.2. The molecule has 1 aliphatic rings. The number of non-ortho nitro benzene ring substituents is 1. The van der Waals surface area contributed by atoms with Crippen LogP contribution in [0.15, 0.2) is 18.2 Å². The highest BCUT2D eigenvalue weighted by Crippen LogP contribution is 2.27. The minimum atomic E-state index is -0.356. The van der Waals surface area contributed by atoms with Crippen LogP contribution in [0.5, 0.6) is 0 Å². The third kappa shape index (κ3) is 4.32. The molecule has 0 bridgehead atoms. The number of hydrogen-bond donors (Lipinski definition) is 2. The van der Waals surface area contributed by atoms with Crippen molar-refractivity contribution < 1.29 is 9.66 Å². The molecule has 2 rings (SSSR count). The van der Waals surface area contributed by atoms with E-state index < -0.39 is 0 Å². The van der Waals surface area contributed by atoms with Crippen molar-refractivity contribution >= 4 is 17.1 Å². The van der Waals surface area contributed by atoms with Gasteiger partial charge >= 0.3 is 0 Å². The number of hydrogen-bond acceptors (Lipinski definition) is 5. The van der Waals surface area contributed by atoms with Crippen LogP contribution in [0.4, 0.5) is 17.1 Å². The molecule has 0 spiro atoms. The number of ether oxygens (including phenoxy) is 1. The molecule has 0 aliphatic carbocycles. The largest absolute Gasteiger partial charge is 0.385 e. The molecule has 6 nitrogen and oxygen atoms in total. The van der Waals surface area contributed by atoms with Crippen molar-refractivity contribution in [3.05, 3.63) is 28.3 Å². The third-order valence-electron chi connectivity index (χ3n) is 3.77. The highest BCUT2D eigenvalue weighted by Gasteiger charge is 2.22. The summed E-state index contributed by atoms with van der Waals surface area (Å²) in [6, 6.07) is 5.32. The van der Waals surface area contributed by atoms with Crippen LogP contribution in [0, 0.1) is 16.0 Å². The molecule has 116 valence electrons. The number of nitro groups is 1. The van der Waals surface area contributed by atoms with Crippen LogP contribution in [0.1, 0.15) is 26.7 Å². The van der Waals surface area contributed by atoms with E-state index in [2.05, 4.69) is 24.5 Å². The smallest absolute Gasteiger partial charge is 0.273 e. The molecular weight excluding hydrogens is 270 g/mol. The zero-order valence-electron chi connectivity index (χ0n) is 12.6. The fraction of sp³-hybridized carbons (Fsp3) is 0.600. The molecule has 1 aromatic rings. The zero-order valence-corrected chi connectivity index (χ0v) is 12.6. The second-order valence-electron chi connectivity index (χ2n) is 5.51. The first-order valence-corrected chi connectivity index (χ1v) is 7.47. The normalized spacial score (nSPS) is 19.2. The molecule has 1 heterocycles. The van der Waals surface area contributed by atoms with Gasteiger partial charge in [-0.05, 0) is 25.8 Å². The number of rotatable bonds is 7. The van der Waals surface area contributed by atoms with Gasteiger partial charge in [0.15, 0.2) is 0 Å². The van der Waals surface area contributed by atoms with Crippen LogP contribution in [0.3, 0.4) is 0 Å². The number of nitrogens with zero attached hydrogens (tertiary/aromatic N) is 1. The predicted molar refractivity (Wildman–Crippen MR) is 83.9 cm³/mol. The van der Waals surface area contributed by atoms with Crippen LogP contribution in [-0.2, 0) is 4.74 Å². The van der Waals surface area contributed by atoms with E-state index in [0.29, 0.717) is 5.92 Å². The molecule has 2 N–H and O–H groups in total. The second kappa shape index (κ2) is 7.26. The lowest BCUT2D eigenvalue weighted by Crippen LogP contribution is -2.26. The summed E-state index contributed by atoms with van der Waals surface area (Å²) in [6.45, 7) is 6.51. The van der Waals surface area contributed by atoms with Crippen LogP contribution in [-0.4, -0.2) is 30.7 Å². The lowest BCUT2D eigenvalue weighted by Gasteiger charge is -2.21. The minimum Gasteiger partial charge on any atom is -0.385 e. The average molecular weight is 293 g/mol. The lowest BCUT2D eigenvalue weighted by atomic mass is 10.0. The maximum atomic E-state index is 11.1. The van der Waals surface area contributed by atoms with Crippen molar-refractivity contribution in [1.82, 2.24) is 0 Å². The van der Waals surface area contributed by atoms with Crippen molar-refractivity contribution in [3.63, 3.8) is 0 Å². The summed E-state index contributed by atoms with van der Waals surface area (Å²) in [6.07, 6.45) is 2.01. The first-order valence-electron chi connectivity index (χ1n) is 7.47. The van der Waals surface area contributed by atoms with Crippen molar-refractivity contribution in [2.75, 3.05) is 30.4 Å². The van der Waals surface area contributed by atoms with Crippen LogP contribution in [0.2, 0.25) is 0 Å². The van der Waals surface area contributed by atoms with E-state index in [4.69, 9.17) is 4.74 Å². The second-order valence-corrected chi connectivity index (χ2v) is 5.51. The molecule has 1 fully saturated rings. The van der Waals surface area contributed by atoms with Crippen molar-refractivity contribution in [2.24, 2.45) is 5.92 Å². The molecule has 1 aliphatic heterocycles. The standard InChI is InChI=1S/C15H23N3O3/c1-3-5-16-13-7-14(9-15(8-13)18(19)20)17-11(2)12-4-6-21-10-12/h7-9,11-12,16-17H,3-6,10H2,1-2H3. The van der Waals surface area contributed by atoms with E-state index in [9.17, 15) is 10.1 Å². The Morgan fingerprint density at radius 1 is 1.43 bits per heavy atom. The van der Waals surface area contributed by atoms with Gasteiger partial charge in [0, 0.05) is 48.6 Å². The first-order chi connectivity index (χ1) is 10.1. The Labute approximate surface area is 125 Å². The average Bonchev–Trinajstić information content (AvgIpc) is 2.99. The van der Waals surface area contributed by atoms with Crippen LogP contribution < -0.4 is 10.6 Å². The molecule has 1 saturated heterocycles. The predicted octanol–water partition coefficient (Wildman–Crippen LogP) is 3.25. The van der Waals surface area contributed by atoms with E-state index in [0.717, 1.165) is 44.0 Å². The number of benzene rings is 1. The molecule has 0 saturated carbocycles. The van der Waals surface area contributed by atoms with Gasteiger partial charge in [-0.15, -0.1) is 0 Å². The van der Waals surface area contributed by atoms with Crippen molar-refractivity contribution in [2.45, 2.75) is 32.7 Å². The summed E-state index contributed by atoms with van der Waals surface area (Å²) in [5.74, 6) is 0.455. The summed E-state index contributed by atoms with van der Waals surface area (Å²) in [5.41, 5.74) is 1.67. The van der Waals surface area contributed by atoms with Gasteiger partial charge in [-0.25, -0.2) is 0 Å². The minimum absolute atomic E-state index is 0.105. The van der Waals surface area contributed by atoms with Crippen molar-refractivity contribution in [1.29, 1.82) is 0 Å². The lowest BCUT2D eigenvalue weighted by molar-refractivity contribution is -0.384. The van der Waals surface area contributed by atoms with Gasteiger partial charge in [0.2, 0.25) is 0 Å². The first kappa shape index (κ1) is 15.6. The molecule has 1 aromatic carbocycles. The summed E-state index contributed by atoms with van der Waals surface area (Å²) >= 11 is 0. The summed E-state index contributed by atoms with van der Waals surface area (Å²) in [7, 11) is 0. The molecule has 6 heteroatoms. The Bertz CT molecular complexity index is 487. The maximum absolute atomic E-state index is 11.1. The van der Waals surface area contributed by atoms with E-state index in [1.165, 1.54) is 0 Å². The molecule has 2 unspecified atom stereocenters. The fourth-order valence-corrected chi connectivity index (χ4v) is 2.50. The quantitative estimate of drug-likeness (QED) is 0.596. The number of nitro benzene ring substituents is 1. The molecule has 21 heavy (non-hydrogen) atoms. The van der Waals surface area contributed by atoms with Crippen LogP contribution in [0.25, 0.3) is 0 Å². The van der Waals surface area contributed by atoms with E-state index in [1.54, 1.807) is 12.1 Å². The number of anilines is 2.